The minimum absolute atomic E-state index is 0.208. The van der Waals surface area contributed by atoms with E-state index in [1.54, 1.807) is 0 Å². The molecule has 3 unspecified atom stereocenters. The second kappa shape index (κ2) is 6.73. The predicted molar refractivity (Wildman–Crippen MR) is 66.9 cm³/mol. The summed E-state index contributed by atoms with van der Waals surface area (Å²) < 4.78 is 0. The van der Waals surface area contributed by atoms with Crippen LogP contribution in [-0.4, -0.2) is 34.7 Å². The molecule has 0 heterocycles. The van der Waals surface area contributed by atoms with Crippen molar-refractivity contribution in [2.75, 3.05) is 6.54 Å². The lowest BCUT2D eigenvalue weighted by atomic mass is 9.95. The van der Waals surface area contributed by atoms with Gasteiger partial charge in [-0.1, -0.05) is 20.3 Å². The zero-order valence-corrected chi connectivity index (χ0v) is 11.1. The van der Waals surface area contributed by atoms with Gasteiger partial charge in [-0.2, -0.15) is 0 Å². The molecule has 1 aliphatic rings. The van der Waals surface area contributed by atoms with E-state index in [2.05, 4.69) is 5.32 Å². The van der Waals surface area contributed by atoms with Crippen LogP contribution in [0.4, 0.5) is 0 Å². The van der Waals surface area contributed by atoms with Crippen molar-refractivity contribution in [1.29, 1.82) is 0 Å². The maximum absolute atomic E-state index is 11.9. The Morgan fingerprint density at radius 1 is 1.28 bits per heavy atom. The average Bonchev–Trinajstić information content (AvgIpc) is 2.73. The van der Waals surface area contributed by atoms with Gasteiger partial charge in [-0.15, -0.1) is 0 Å². The fraction of sp³-hybridized carbons (Fsp3) is 0.846. The summed E-state index contributed by atoms with van der Waals surface area (Å²) >= 11 is 0. The van der Waals surface area contributed by atoms with Crippen molar-refractivity contribution in [2.45, 2.75) is 45.6 Å². The van der Waals surface area contributed by atoms with Crippen LogP contribution in [0.15, 0.2) is 0 Å². The molecule has 0 aromatic heterocycles. The van der Waals surface area contributed by atoms with Gasteiger partial charge in [0.1, 0.15) is 0 Å². The van der Waals surface area contributed by atoms with E-state index < -0.39 is 23.9 Å². The topological polar surface area (TPSA) is 86.6 Å². The molecule has 5 nitrogen and oxygen atoms in total. The van der Waals surface area contributed by atoms with Gasteiger partial charge >= 0.3 is 5.97 Å². The summed E-state index contributed by atoms with van der Waals surface area (Å²) in [6.07, 6.45) is 2.06. The Morgan fingerprint density at radius 3 is 2.44 bits per heavy atom. The Bertz CT molecular complexity index is 303. The fourth-order valence-electron chi connectivity index (χ4n) is 2.55. The first-order valence-electron chi connectivity index (χ1n) is 6.60. The molecule has 0 saturated heterocycles. The average molecular weight is 257 g/mol. The van der Waals surface area contributed by atoms with Crippen molar-refractivity contribution >= 4 is 11.9 Å². The molecule has 0 aliphatic heterocycles. The SMILES string of the molecule is CC(C)CC(O)CNC(=O)C1CCCC1C(=O)O. The van der Waals surface area contributed by atoms with E-state index >= 15 is 0 Å². The van der Waals surface area contributed by atoms with Crippen LogP contribution >= 0.6 is 0 Å². The zero-order valence-electron chi connectivity index (χ0n) is 11.1. The van der Waals surface area contributed by atoms with Gasteiger partial charge in [-0.25, -0.2) is 0 Å². The molecule has 0 spiro atoms. The normalized spacial score (nSPS) is 25.1. The monoisotopic (exact) mass is 257 g/mol. The van der Waals surface area contributed by atoms with Gasteiger partial charge in [0.15, 0.2) is 0 Å². The molecular formula is C13H23NO4. The van der Waals surface area contributed by atoms with Gasteiger partial charge < -0.3 is 15.5 Å². The van der Waals surface area contributed by atoms with Crippen molar-refractivity contribution in [1.82, 2.24) is 5.32 Å². The van der Waals surface area contributed by atoms with Crippen molar-refractivity contribution < 1.29 is 19.8 Å². The number of hydrogen-bond donors (Lipinski definition) is 3. The second-order valence-corrected chi connectivity index (χ2v) is 5.51. The Kier molecular flexibility index (Phi) is 5.59. The van der Waals surface area contributed by atoms with Gasteiger partial charge in [0.25, 0.3) is 0 Å². The van der Waals surface area contributed by atoms with Crippen molar-refractivity contribution in [3.63, 3.8) is 0 Å². The maximum atomic E-state index is 11.9. The molecule has 3 atom stereocenters. The highest BCUT2D eigenvalue weighted by Gasteiger charge is 2.37. The van der Waals surface area contributed by atoms with E-state index in [1.807, 2.05) is 13.8 Å². The minimum Gasteiger partial charge on any atom is -0.481 e. The van der Waals surface area contributed by atoms with Crippen LogP contribution in [0, 0.1) is 17.8 Å². The number of amides is 1. The van der Waals surface area contributed by atoms with Crippen molar-refractivity contribution in [2.24, 2.45) is 17.8 Å². The van der Waals surface area contributed by atoms with Gasteiger partial charge in [-0.3, -0.25) is 9.59 Å². The lowest BCUT2D eigenvalue weighted by Gasteiger charge is -2.18. The summed E-state index contributed by atoms with van der Waals surface area (Å²) in [5, 5.41) is 21.3. The third-order valence-electron chi connectivity index (χ3n) is 3.43. The van der Waals surface area contributed by atoms with E-state index in [0.29, 0.717) is 25.2 Å². The number of nitrogens with one attached hydrogen (secondary N) is 1. The first-order chi connectivity index (χ1) is 8.41. The number of aliphatic hydroxyl groups is 1. The molecule has 18 heavy (non-hydrogen) atoms. The quantitative estimate of drug-likeness (QED) is 0.663. The maximum Gasteiger partial charge on any atom is 0.307 e. The van der Waals surface area contributed by atoms with E-state index in [0.717, 1.165) is 6.42 Å². The highest BCUT2D eigenvalue weighted by molar-refractivity contribution is 5.85. The van der Waals surface area contributed by atoms with Crippen LogP contribution in [0.5, 0.6) is 0 Å². The molecule has 3 N–H and O–H groups in total. The Labute approximate surface area is 108 Å². The molecule has 5 heteroatoms. The van der Waals surface area contributed by atoms with Crippen molar-refractivity contribution in [3.8, 4) is 0 Å². The van der Waals surface area contributed by atoms with Gasteiger partial charge in [0, 0.05) is 6.54 Å². The molecule has 1 fully saturated rings. The van der Waals surface area contributed by atoms with E-state index in [9.17, 15) is 14.7 Å². The Morgan fingerprint density at radius 2 is 1.89 bits per heavy atom. The number of rotatable bonds is 6. The van der Waals surface area contributed by atoms with Gasteiger partial charge in [0.05, 0.1) is 17.9 Å². The largest absolute Gasteiger partial charge is 0.481 e. The number of carbonyl (C=O) groups is 2. The summed E-state index contributed by atoms with van der Waals surface area (Å²) in [5.41, 5.74) is 0. The molecule has 0 bridgehead atoms. The molecule has 1 rings (SSSR count). The molecule has 1 amide bonds. The minimum atomic E-state index is -0.893. The van der Waals surface area contributed by atoms with Crippen LogP contribution in [0.2, 0.25) is 0 Å². The molecule has 0 aromatic rings. The molecule has 104 valence electrons. The summed E-state index contributed by atoms with van der Waals surface area (Å²) in [6.45, 7) is 4.21. The third kappa shape index (κ3) is 4.29. The first-order valence-corrected chi connectivity index (χ1v) is 6.60. The second-order valence-electron chi connectivity index (χ2n) is 5.51. The number of aliphatic hydroxyl groups excluding tert-OH is 1. The summed E-state index contributed by atoms with van der Waals surface area (Å²) in [5.74, 6) is -1.76. The fourth-order valence-corrected chi connectivity index (χ4v) is 2.55. The molecule has 1 saturated carbocycles. The number of carbonyl (C=O) groups excluding carboxylic acids is 1. The van der Waals surface area contributed by atoms with Crippen LogP contribution in [0.3, 0.4) is 0 Å². The molecular weight excluding hydrogens is 234 g/mol. The lowest BCUT2D eigenvalue weighted by molar-refractivity contribution is -0.146. The van der Waals surface area contributed by atoms with Crippen LogP contribution < -0.4 is 5.32 Å². The third-order valence-corrected chi connectivity index (χ3v) is 3.43. The summed E-state index contributed by atoms with van der Waals surface area (Å²) in [6, 6.07) is 0. The number of carboxylic acid groups (broad SMARTS) is 1. The number of carboxylic acids is 1. The molecule has 0 aromatic carbocycles. The van der Waals surface area contributed by atoms with E-state index in [-0.39, 0.29) is 12.5 Å². The molecule has 1 aliphatic carbocycles. The lowest BCUT2D eigenvalue weighted by Crippen LogP contribution is -2.39. The van der Waals surface area contributed by atoms with Crippen LogP contribution in [-0.2, 0) is 9.59 Å². The first kappa shape index (κ1) is 15.0. The Balaban J connectivity index is 2.38. The van der Waals surface area contributed by atoms with E-state index in [1.165, 1.54) is 0 Å². The summed E-state index contributed by atoms with van der Waals surface area (Å²) in [7, 11) is 0. The standard InChI is InChI=1S/C13H23NO4/c1-8(2)6-9(15)7-14-12(16)10-4-3-5-11(10)13(17)18/h8-11,15H,3-7H2,1-2H3,(H,14,16)(H,17,18). The number of aliphatic carboxylic acids is 1. The van der Waals surface area contributed by atoms with Gasteiger partial charge in [0.2, 0.25) is 5.91 Å². The number of hydrogen-bond acceptors (Lipinski definition) is 3. The summed E-state index contributed by atoms with van der Waals surface area (Å²) in [4.78, 5) is 22.8. The van der Waals surface area contributed by atoms with Crippen LogP contribution in [0.1, 0.15) is 39.5 Å². The van der Waals surface area contributed by atoms with Crippen LogP contribution in [0.25, 0.3) is 0 Å². The highest BCUT2D eigenvalue weighted by Crippen LogP contribution is 2.31. The molecule has 0 radical (unpaired) electrons. The Hall–Kier alpha value is -1.10. The van der Waals surface area contributed by atoms with Crippen molar-refractivity contribution in [3.05, 3.63) is 0 Å². The smallest absolute Gasteiger partial charge is 0.307 e. The highest BCUT2D eigenvalue weighted by atomic mass is 16.4. The zero-order chi connectivity index (χ0) is 13.7. The van der Waals surface area contributed by atoms with E-state index in [4.69, 9.17) is 5.11 Å². The predicted octanol–water partition coefficient (Wildman–Crippen LogP) is 1.01. The van der Waals surface area contributed by atoms with Gasteiger partial charge in [-0.05, 0) is 25.2 Å².